The maximum absolute atomic E-state index is 12.9. The molecule has 0 bridgehead atoms. The van der Waals surface area contributed by atoms with E-state index >= 15 is 0 Å². The number of benzene rings is 1. The van der Waals surface area contributed by atoms with E-state index in [9.17, 15) is 4.39 Å². The predicted octanol–water partition coefficient (Wildman–Crippen LogP) is 4.49. The normalized spacial score (nSPS) is 10.4. The van der Waals surface area contributed by atoms with Crippen LogP contribution in [0.4, 0.5) is 15.9 Å². The number of halogens is 3. The van der Waals surface area contributed by atoms with E-state index in [1.54, 1.807) is 18.3 Å². The fourth-order valence-corrected chi connectivity index (χ4v) is 2.24. The van der Waals surface area contributed by atoms with Crippen LogP contribution in [-0.2, 0) is 5.88 Å². The molecule has 2 aromatic rings. The average molecular weight is 330 g/mol. The molecule has 1 heterocycles. The lowest BCUT2D eigenvalue weighted by atomic mass is 10.2. The lowest BCUT2D eigenvalue weighted by molar-refractivity contribution is 0.628. The zero-order chi connectivity index (χ0) is 13.1. The highest BCUT2D eigenvalue weighted by atomic mass is 79.9. The minimum atomic E-state index is -0.256. The van der Waals surface area contributed by atoms with E-state index in [0.29, 0.717) is 5.88 Å². The van der Waals surface area contributed by atoms with Crippen molar-refractivity contribution in [1.82, 2.24) is 4.98 Å². The van der Waals surface area contributed by atoms with E-state index in [1.165, 1.54) is 12.1 Å². The molecule has 1 aromatic carbocycles. The van der Waals surface area contributed by atoms with Gasteiger partial charge in [0.05, 0.1) is 5.88 Å². The first-order chi connectivity index (χ1) is 8.61. The number of aromatic nitrogens is 1. The number of nitrogens with zero attached hydrogens (tertiary/aromatic N) is 2. The highest BCUT2D eigenvalue weighted by Gasteiger charge is 2.11. The average Bonchev–Trinajstić information content (AvgIpc) is 2.38. The van der Waals surface area contributed by atoms with E-state index in [-0.39, 0.29) is 5.82 Å². The van der Waals surface area contributed by atoms with Crippen molar-refractivity contribution >= 4 is 39.0 Å². The predicted molar refractivity (Wildman–Crippen MR) is 76.0 cm³/mol. The van der Waals surface area contributed by atoms with Gasteiger partial charge in [-0.25, -0.2) is 9.37 Å². The summed E-state index contributed by atoms with van der Waals surface area (Å²) in [6, 6.07) is 8.18. The molecule has 0 spiro atoms. The summed E-state index contributed by atoms with van der Waals surface area (Å²) in [4.78, 5) is 6.23. The van der Waals surface area contributed by atoms with Gasteiger partial charge in [-0.15, -0.1) is 11.6 Å². The van der Waals surface area contributed by atoms with Crippen molar-refractivity contribution in [2.24, 2.45) is 0 Å². The Bertz CT molecular complexity index is 545. The number of pyridine rings is 1. The fraction of sp³-hybridized carbons (Fsp3) is 0.154. The number of hydrogen-bond acceptors (Lipinski definition) is 2. The molecule has 94 valence electrons. The monoisotopic (exact) mass is 328 g/mol. The lowest BCUT2D eigenvalue weighted by Gasteiger charge is -2.20. The van der Waals surface area contributed by atoms with Gasteiger partial charge in [0.25, 0.3) is 0 Å². The zero-order valence-corrected chi connectivity index (χ0v) is 12.0. The van der Waals surface area contributed by atoms with Gasteiger partial charge in [0.15, 0.2) is 0 Å². The van der Waals surface area contributed by atoms with Crippen molar-refractivity contribution in [3.63, 3.8) is 0 Å². The van der Waals surface area contributed by atoms with Crippen molar-refractivity contribution in [2.75, 3.05) is 11.9 Å². The minimum Gasteiger partial charge on any atom is -0.329 e. The van der Waals surface area contributed by atoms with Gasteiger partial charge < -0.3 is 4.90 Å². The van der Waals surface area contributed by atoms with Gasteiger partial charge >= 0.3 is 0 Å². The highest BCUT2D eigenvalue weighted by Crippen LogP contribution is 2.28. The first-order valence-electron chi connectivity index (χ1n) is 5.31. The van der Waals surface area contributed by atoms with Crippen LogP contribution in [0.1, 0.15) is 5.56 Å². The number of anilines is 2. The molecule has 0 atom stereocenters. The van der Waals surface area contributed by atoms with Crippen molar-refractivity contribution in [3.8, 4) is 0 Å². The Labute approximate surface area is 119 Å². The summed E-state index contributed by atoms with van der Waals surface area (Å²) in [5, 5.41) is 0. The molecule has 0 N–H and O–H groups in total. The van der Waals surface area contributed by atoms with Crippen molar-refractivity contribution in [1.29, 1.82) is 0 Å². The molecule has 2 rings (SSSR count). The molecule has 0 amide bonds. The van der Waals surface area contributed by atoms with Crippen LogP contribution in [0.2, 0.25) is 0 Å². The van der Waals surface area contributed by atoms with E-state index in [1.807, 2.05) is 18.0 Å². The zero-order valence-electron chi connectivity index (χ0n) is 9.70. The van der Waals surface area contributed by atoms with E-state index in [0.717, 1.165) is 21.5 Å². The summed E-state index contributed by atoms with van der Waals surface area (Å²) in [7, 11) is 1.87. The van der Waals surface area contributed by atoms with Gasteiger partial charge in [0, 0.05) is 29.0 Å². The fourth-order valence-electron chi connectivity index (χ4n) is 1.66. The molecule has 18 heavy (non-hydrogen) atoms. The molecule has 0 aliphatic rings. The quantitative estimate of drug-likeness (QED) is 0.771. The number of hydrogen-bond donors (Lipinski definition) is 0. The van der Waals surface area contributed by atoms with Crippen LogP contribution in [0.15, 0.2) is 41.0 Å². The largest absolute Gasteiger partial charge is 0.329 e. The third-order valence-corrected chi connectivity index (χ3v) is 3.31. The van der Waals surface area contributed by atoms with Crippen LogP contribution in [0, 0.1) is 5.82 Å². The molecule has 0 saturated carbocycles. The molecule has 0 aliphatic heterocycles. The first kappa shape index (κ1) is 13.3. The Balaban J connectivity index is 2.39. The standard InChI is InChI=1S/C13H11BrClFN2/c1-18(12-4-2-11(16)3-5-12)13-9(7-15)6-10(14)8-17-13/h2-6,8H,7H2,1H3. The molecule has 5 heteroatoms. The van der Waals surface area contributed by atoms with Gasteiger partial charge in [-0.05, 0) is 46.3 Å². The van der Waals surface area contributed by atoms with Crippen LogP contribution in [-0.4, -0.2) is 12.0 Å². The van der Waals surface area contributed by atoms with Crippen molar-refractivity contribution in [3.05, 3.63) is 52.4 Å². The molecule has 2 nitrogen and oxygen atoms in total. The third kappa shape index (κ3) is 2.82. The Morgan fingerprint density at radius 1 is 1.33 bits per heavy atom. The smallest absolute Gasteiger partial charge is 0.137 e. The summed E-state index contributed by atoms with van der Waals surface area (Å²) >= 11 is 9.28. The molecule has 0 saturated heterocycles. The van der Waals surface area contributed by atoms with Gasteiger partial charge in [-0.3, -0.25) is 0 Å². The van der Waals surface area contributed by atoms with Gasteiger partial charge in [-0.2, -0.15) is 0 Å². The maximum Gasteiger partial charge on any atom is 0.137 e. The van der Waals surface area contributed by atoms with Gasteiger partial charge in [0.1, 0.15) is 11.6 Å². The Morgan fingerprint density at radius 3 is 2.61 bits per heavy atom. The maximum atomic E-state index is 12.9. The second kappa shape index (κ2) is 5.67. The van der Waals surface area contributed by atoms with Crippen LogP contribution < -0.4 is 4.90 Å². The molecule has 0 fully saturated rings. The molecule has 0 unspecified atom stereocenters. The van der Waals surface area contributed by atoms with E-state index in [2.05, 4.69) is 20.9 Å². The van der Waals surface area contributed by atoms with Crippen LogP contribution >= 0.6 is 27.5 Å². The van der Waals surface area contributed by atoms with E-state index in [4.69, 9.17) is 11.6 Å². The first-order valence-corrected chi connectivity index (χ1v) is 6.64. The summed E-state index contributed by atoms with van der Waals surface area (Å²) in [5.74, 6) is 0.876. The minimum absolute atomic E-state index is 0.256. The Kier molecular flexibility index (Phi) is 4.19. The van der Waals surface area contributed by atoms with Crippen molar-refractivity contribution < 1.29 is 4.39 Å². The molecular weight excluding hydrogens is 319 g/mol. The summed E-state index contributed by atoms with van der Waals surface area (Å²) < 4.78 is 13.8. The molecule has 0 aliphatic carbocycles. The lowest BCUT2D eigenvalue weighted by Crippen LogP contribution is -2.13. The second-order valence-corrected chi connectivity index (χ2v) is 4.99. The molecular formula is C13H11BrClFN2. The summed E-state index contributed by atoms with van der Waals surface area (Å²) in [6.07, 6.45) is 1.71. The SMILES string of the molecule is CN(c1ccc(F)cc1)c1ncc(Br)cc1CCl. The molecule has 1 aromatic heterocycles. The third-order valence-electron chi connectivity index (χ3n) is 2.59. The highest BCUT2D eigenvalue weighted by molar-refractivity contribution is 9.10. The van der Waals surface area contributed by atoms with Crippen molar-refractivity contribution in [2.45, 2.75) is 5.88 Å². The van der Waals surface area contributed by atoms with E-state index < -0.39 is 0 Å². The van der Waals surface area contributed by atoms with Gasteiger partial charge in [0.2, 0.25) is 0 Å². The molecule has 0 radical (unpaired) electrons. The topological polar surface area (TPSA) is 16.1 Å². The number of rotatable bonds is 3. The summed E-state index contributed by atoms with van der Waals surface area (Å²) in [5.41, 5.74) is 1.77. The summed E-state index contributed by atoms with van der Waals surface area (Å²) in [6.45, 7) is 0. The van der Waals surface area contributed by atoms with Crippen LogP contribution in [0.3, 0.4) is 0 Å². The second-order valence-electron chi connectivity index (χ2n) is 3.81. The van der Waals surface area contributed by atoms with Gasteiger partial charge in [-0.1, -0.05) is 0 Å². The Hall–Kier alpha value is -1.13. The number of alkyl halides is 1. The Morgan fingerprint density at radius 2 is 2.00 bits per heavy atom. The van der Waals surface area contributed by atoms with Crippen LogP contribution in [0.5, 0.6) is 0 Å². The van der Waals surface area contributed by atoms with Crippen LogP contribution in [0.25, 0.3) is 0 Å².